The molecule has 23 heavy (non-hydrogen) atoms. The van der Waals surface area contributed by atoms with Crippen molar-refractivity contribution in [2.75, 3.05) is 26.2 Å². The second-order valence-corrected chi connectivity index (χ2v) is 8.45. The van der Waals surface area contributed by atoms with E-state index in [-0.39, 0.29) is 17.7 Å². The lowest BCUT2D eigenvalue weighted by Gasteiger charge is -2.60. The molecule has 0 unspecified atom stereocenters. The lowest BCUT2D eigenvalue weighted by molar-refractivity contribution is -0.126. The van der Waals surface area contributed by atoms with Crippen molar-refractivity contribution >= 4 is 11.8 Å². The van der Waals surface area contributed by atoms with Gasteiger partial charge in [0.2, 0.25) is 11.8 Å². The van der Waals surface area contributed by atoms with E-state index in [4.69, 9.17) is 5.73 Å². The molecule has 1 saturated heterocycles. The fourth-order valence-corrected chi connectivity index (χ4v) is 5.09. The summed E-state index contributed by atoms with van der Waals surface area (Å²) in [6, 6.07) is 0. The molecule has 5 heteroatoms. The van der Waals surface area contributed by atoms with E-state index in [0.717, 1.165) is 44.3 Å². The Morgan fingerprint density at radius 2 is 1.87 bits per heavy atom. The second kappa shape index (κ2) is 6.42. The molecular weight excluding hydrogens is 290 g/mol. The van der Waals surface area contributed by atoms with Crippen molar-refractivity contribution in [2.24, 2.45) is 34.8 Å². The topological polar surface area (TPSA) is 75.4 Å². The van der Waals surface area contributed by atoms with Gasteiger partial charge in [-0.1, -0.05) is 13.8 Å². The van der Waals surface area contributed by atoms with E-state index >= 15 is 0 Å². The molecule has 0 radical (unpaired) electrons. The van der Waals surface area contributed by atoms with Crippen molar-refractivity contribution in [3.63, 3.8) is 0 Å². The zero-order valence-electron chi connectivity index (χ0n) is 14.5. The molecule has 2 bridgehead atoms. The highest BCUT2D eigenvalue weighted by Gasteiger charge is 2.53. The van der Waals surface area contributed by atoms with Crippen molar-refractivity contribution in [1.29, 1.82) is 0 Å². The van der Waals surface area contributed by atoms with Crippen LogP contribution in [0.1, 0.15) is 46.0 Å². The van der Waals surface area contributed by atoms with Gasteiger partial charge < -0.3 is 11.1 Å². The maximum Gasteiger partial charge on any atom is 0.234 e. The molecule has 3 atom stereocenters. The Morgan fingerprint density at radius 1 is 1.17 bits per heavy atom. The van der Waals surface area contributed by atoms with Gasteiger partial charge >= 0.3 is 0 Å². The van der Waals surface area contributed by atoms with Crippen LogP contribution in [0.4, 0.5) is 0 Å². The summed E-state index contributed by atoms with van der Waals surface area (Å²) in [7, 11) is 0. The number of carbonyl (C=O) groups excluding carboxylic acids is 2. The minimum atomic E-state index is -0.201. The van der Waals surface area contributed by atoms with Gasteiger partial charge in [0.1, 0.15) is 0 Å². The smallest absolute Gasteiger partial charge is 0.234 e. The minimum Gasteiger partial charge on any atom is -0.369 e. The molecule has 0 aromatic heterocycles. The molecule has 1 aliphatic heterocycles. The average Bonchev–Trinajstić information content (AvgIpc) is 2.53. The summed E-state index contributed by atoms with van der Waals surface area (Å²) in [4.78, 5) is 25.5. The molecule has 3 saturated carbocycles. The summed E-state index contributed by atoms with van der Waals surface area (Å²) in [5.74, 6) is 2.26. The molecule has 5 nitrogen and oxygen atoms in total. The fraction of sp³-hybridized carbons (Fsp3) is 0.889. The number of amides is 2. The number of nitrogens with two attached hydrogens (primary N) is 1. The largest absolute Gasteiger partial charge is 0.369 e. The predicted octanol–water partition coefficient (Wildman–Crippen LogP) is 1.37. The molecule has 0 aromatic carbocycles. The van der Waals surface area contributed by atoms with E-state index in [1.807, 2.05) is 0 Å². The lowest BCUT2D eigenvalue weighted by Crippen LogP contribution is -2.55. The van der Waals surface area contributed by atoms with Crippen LogP contribution in [0.2, 0.25) is 0 Å². The van der Waals surface area contributed by atoms with Crippen LogP contribution in [-0.4, -0.2) is 42.9 Å². The minimum absolute atomic E-state index is 0.00894. The van der Waals surface area contributed by atoms with E-state index in [9.17, 15) is 9.59 Å². The number of rotatable bonds is 5. The molecule has 3 aliphatic carbocycles. The molecular formula is C18H31N3O2. The number of piperidine rings is 1. The standard InChI is InChI=1S/C18H31N3O2/c1-18(2)14-4-3-13(15(18)9-14)10-20-16(22)11-21-7-5-12(6-8-21)17(19)23/h12-15H,3-11H2,1-2H3,(H2,19,23)(H,20,22)/t13-,14-,15-/m1/s1. The van der Waals surface area contributed by atoms with Crippen LogP contribution in [0.15, 0.2) is 0 Å². The third kappa shape index (κ3) is 3.39. The fourth-order valence-electron chi connectivity index (χ4n) is 5.09. The first kappa shape index (κ1) is 16.7. The van der Waals surface area contributed by atoms with Crippen molar-refractivity contribution in [2.45, 2.75) is 46.0 Å². The van der Waals surface area contributed by atoms with Crippen LogP contribution >= 0.6 is 0 Å². The molecule has 1 heterocycles. The van der Waals surface area contributed by atoms with Crippen LogP contribution in [-0.2, 0) is 9.59 Å². The maximum atomic E-state index is 12.2. The lowest BCUT2D eigenvalue weighted by atomic mass is 9.45. The Hall–Kier alpha value is -1.10. The number of nitrogens with one attached hydrogen (secondary N) is 1. The van der Waals surface area contributed by atoms with Crippen molar-refractivity contribution < 1.29 is 9.59 Å². The predicted molar refractivity (Wildman–Crippen MR) is 89.5 cm³/mol. The van der Waals surface area contributed by atoms with Gasteiger partial charge in [-0.3, -0.25) is 14.5 Å². The van der Waals surface area contributed by atoms with Crippen molar-refractivity contribution in [3.8, 4) is 0 Å². The number of carbonyl (C=O) groups is 2. The van der Waals surface area contributed by atoms with E-state index in [2.05, 4.69) is 24.1 Å². The number of fused-ring (bicyclic) bond motifs is 2. The average molecular weight is 321 g/mol. The molecule has 0 spiro atoms. The van der Waals surface area contributed by atoms with Gasteiger partial charge in [0.05, 0.1) is 6.54 Å². The van der Waals surface area contributed by atoms with Crippen LogP contribution in [0.3, 0.4) is 0 Å². The van der Waals surface area contributed by atoms with Gasteiger partial charge in [0, 0.05) is 12.5 Å². The van der Waals surface area contributed by atoms with Gasteiger partial charge in [0.25, 0.3) is 0 Å². The summed E-state index contributed by atoms with van der Waals surface area (Å²) in [5.41, 5.74) is 5.82. The van der Waals surface area contributed by atoms with Crippen LogP contribution in [0, 0.1) is 29.1 Å². The molecule has 0 aromatic rings. The van der Waals surface area contributed by atoms with Gasteiger partial charge in [-0.05, 0) is 68.4 Å². The number of nitrogens with zero attached hydrogens (tertiary/aromatic N) is 1. The second-order valence-electron chi connectivity index (χ2n) is 8.45. The molecule has 4 rings (SSSR count). The van der Waals surface area contributed by atoms with Gasteiger partial charge in [0.15, 0.2) is 0 Å². The highest BCUT2D eigenvalue weighted by atomic mass is 16.2. The van der Waals surface area contributed by atoms with E-state index in [0.29, 0.717) is 17.9 Å². The monoisotopic (exact) mass is 321 g/mol. The van der Waals surface area contributed by atoms with Crippen LogP contribution in [0.25, 0.3) is 0 Å². The Morgan fingerprint density at radius 3 is 2.43 bits per heavy atom. The Kier molecular flexibility index (Phi) is 4.68. The molecule has 4 aliphatic rings. The first-order valence-electron chi connectivity index (χ1n) is 9.16. The highest BCUT2D eigenvalue weighted by Crippen LogP contribution is 2.61. The molecule has 3 N–H and O–H groups in total. The summed E-state index contributed by atoms with van der Waals surface area (Å²) in [6.07, 6.45) is 5.51. The van der Waals surface area contributed by atoms with Crippen LogP contribution in [0.5, 0.6) is 0 Å². The Balaban J connectivity index is 1.38. The SMILES string of the molecule is CC1(C)[C@@H]2CC[C@H](CNC(=O)CN3CCC(C(N)=O)CC3)[C@H]1C2. The van der Waals surface area contributed by atoms with Crippen LogP contribution < -0.4 is 11.1 Å². The van der Waals surface area contributed by atoms with Crippen molar-refractivity contribution in [3.05, 3.63) is 0 Å². The zero-order chi connectivity index (χ0) is 16.6. The Bertz CT molecular complexity index is 467. The van der Waals surface area contributed by atoms with E-state index < -0.39 is 0 Å². The Labute approximate surface area is 139 Å². The van der Waals surface area contributed by atoms with Crippen molar-refractivity contribution in [1.82, 2.24) is 10.2 Å². The third-order valence-electron chi connectivity index (χ3n) is 6.92. The normalized spacial score (nSPS) is 33.7. The van der Waals surface area contributed by atoms with E-state index in [1.165, 1.54) is 19.3 Å². The summed E-state index contributed by atoms with van der Waals surface area (Å²) >= 11 is 0. The first-order chi connectivity index (χ1) is 10.9. The summed E-state index contributed by atoms with van der Waals surface area (Å²) in [6.45, 7) is 7.65. The summed E-state index contributed by atoms with van der Waals surface area (Å²) in [5, 5.41) is 3.15. The number of hydrogen-bond acceptors (Lipinski definition) is 3. The first-order valence-corrected chi connectivity index (χ1v) is 9.16. The molecule has 4 fully saturated rings. The van der Waals surface area contributed by atoms with E-state index in [1.54, 1.807) is 0 Å². The molecule has 2 amide bonds. The third-order valence-corrected chi connectivity index (χ3v) is 6.92. The summed E-state index contributed by atoms with van der Waals surface area (Å²) < 4.78 is 0. The molecule has 130 valence electrons. The number of primary amides is 1. The van der Waals surface area contributed by atoms with Gasteiger partial charge in [-0.2, -0.15) is 0 Å². The number of hydrogen-bond donors (Lipinski definition) is 2. The van der Waals surface area contributed by atoms with Gasteiger partial charge in [-0.25, -0.2) is 0 Å². The zero-order valence-corrected chi connectivity index (χ0v) is 14.5. The number of likely N-dealkylation sites (tertiary alicyclic amines) is 1. The van der Waals surface area contributed by atoms with Gasteiger partial charge in [-0.15, -0.1) is 0 Å². The highest BCUT2D eigenvalue weighted by molar-refractivity contribution is 5.78. The maximum absolute atomic E-state index is 12.2. The quantitative estimate of drug-likeness (QED) is 0.803.